The summed E-state index contributed by atoms with van der Waals surface area (Å²) in [6, 6.07) is 0. The highest BCUT2D eigenvalue weighted by molar-refractivity contribution is 4.97. The second-order valence-electron chi connectivity index (χ2n) is 5.41. The van der Waals surface area contributed by atoms with Gasteiger partial charge in [0.1, 0.15) is 5.72 Å². The fraction of sp³-hybridized carbons (Fsp3) is 0.846. The Bertz CT molecular complexity index is 221. The Kier molecular flexibility index (Phi) is 4.35. The van der Waals surface area contributed by atoms with E-state index in [2.05, 4.69) is 13.0 Å². The molecule has 1 N–H and O–H groups in total. The predicted octanol–water partition coefficient (Wildman–Crippen LogP) is 2.64. The second-order valence-corrected chi connectivity index (χ2v) is 5.41. The Morgan fingerprint density at radius 2 is 2.07 bits per heavy atom. The van der Waals surface area contributed by atoms with E-state index in [0.717, 1.165) is 18.3 Å². The van der Waals surface area contributed by atoms with Gasteiger partial charge in [-0.15, -0.1) is 0 Å². The van der Waals surface area contributed by atoms with Gasteiger partial charge in [-0.05, 0) is 58.2 Å². The molecule has 0 heterocycles. The monoisotopic (exact) mass is 211 g/mol. The zero-order chi connectivity index (χ0) is 11.5. The lowest BCUT2D eigenvalue weighted by Gasteiger charge is -2.27. The molecule has 0 amide bonds. The maximum atomic E-state index is 9.96. The topological polar surface area (TPSA) is 23.5 Å². The van der Waals surface area contributed by atoms with Crippen molar-refractivity contribution in [3.05, 3.63) is 12.2 Å². The minimum Gasteiger partial charge on any atom is -0.372 e. The van der Waals surface area contributed by atoms with E-state index in [4.69, 9.17) is 0 Å². The van der Waals surface area contributed by atoms with Crippen LogP contribution in [0.2, 0.25) is 0 Å². The van der Waals surface area contributed by atoms with Gasteiger partial charge in [-0.2, -0.15) is 0 Å². The molecule has 0 bridgehead atoms. The summed E-state index contributed by atoms with van der Waals surface area (Å²) in [5.74, 6) is 1.74. The molecule has 0 spiro atoms. The maximum absolute atomic E-state index is 9.96. The molecule has 1 aliphatic rings. The fourth-order valence-corrected chi connectivity index (χ4v) is 2.17. The zero-order valence-corrected chi connectivity index (χ0v) is 10.5. The molecule has 3 atom stereocenters. The highest BCUT2D eigenvalue weighted by Crippen LogP contribution is 2.32. The van der Waals surface area contributed by atoms with E-state index in [1.165, 1.54) is 19.3 Å². The molecule has 1 saturated carbocycles. The van der Waals surface area contributed by atoms with Gasteiger partial charge in [0.05, 0.1) is 0 Å². The third-order valence-corrected chi connectivity index (χ3v) is 3.61. The summed E-state index contributed by atoms with van der Waals surface area (Å²) in [6.07, 6.45) is 9.26. The summed E-state index contributed by atoms with van der Waals surface area (Å²) >= 11 is 0. The minimum absolute atomic E-state index is 0.801. The standard InChI is InChI=1S/C13H25NO/c1-11-7-8-12(10-11)6-5-9-13(2,15)14(3)4/h5,9,11-12,15H,6-8,10H2,1-4H3/b9-5+/t11-,12?,13?/m0/s1. The largest absolute Gasteiger partial charge is 0.372 e. The van der Waals surface area contributed by atoms with Gasteiger partial charge in [0.2, 0.25) is 0 Å². The molecule has 0 radical (unpaired) electrons. The lowest BCUT2D eigenvalue weighted by atomic mass is 10.0. The quantitative estimate of drug-likeness (QED) is 0.571. The van der Waals surface area contributed by atoms with E-state index in [1.54, 1.807) is 0 Å². The fourth-order valence-electron chi connectivity index (χ4n) is 2.17. The number of aliphatic hydroxyl groups is 1. The first-order valence-electron chi connectivity index (χ1n) is 5.99. The molecular formula is C13H25NO. The number of allylic oxidation sites excluding steroid dienone is 1. The molecular weight excluding hydrogens is 186 g/mol. The third kappa shape index (κ3) is 3.96. The number of nitrogens with zero attached hydrogens (tertiary/aromatic N) is 1. The number of hydrogen-bond donors (Lipinski definition) is 1. The summed E-state index contributed by atoms with van der Waals surface area (Å²) in [6.45, 7) is 4.15. The van der Waals surface area contributed by atoms with E-state index in [9.17, 15) is 5.11 Å². The summed E-state index contributed by atoms with van der Waals surface area (Å²) in [4.78, 5) is 1.82. The lowest BCUT2D eigenvalue weighted by molar-refractivity contribution is -0.0206. The minimum atomic E-state index is -0.801. The van der Waals surface area contributed by atoms with Crippen molar-refractivity contribution in [3.8, 4) is 0 Å². The van der Waals surface area contributed by atoms with Gasteiger partial charge in [-0.3, -0.25) is 4.90 Å². The van der Waals surface area contributed by atoms with Crippen molar-refractivity contribution in [2.75, 3.05) is 14.1 Å². The summed E-state index contributed by atoms with van der Waals surface area (Å²) in [7, 11) is 3.78. The molecule has 2 heteroatoms. The number of likely N-dealkylation sites (N-methyl/N-ethyl adjacent to an activating group) is 1. The summed E-state index contributed by atoms with van der Waals surface area (Å²) < 4.78 is 0. The van der Waals surface area contributed by atoms with Crippen molar-refractivity contribution < 1.29 is 5.11 Å². The highest BCUT2D eigenvalue weighted by atomic mass is 16.3. The second kappa shape index (κ2) is 5.13. The highest BCUT2D eigenvalue weighted by Gasteiger charge is 2.21. The molecule has 1 fully saturated rings. The SMILES string of the molecule is C[C@H]1CCC(C/C=C/C(C)(O)N(C)C)C1. The van der Waals surface area contributed by atoms with Crippen LogP contribution in [0.1, 0.15) is 39.5 Å². The van der Waals surface area contributed by atoms with Gasteiger partial charge in [0.25, 0.3) is 0 Å². The van der Waals surface area contributed by atoms with Crippen LogP contribution < -0.4 is 0 Å². The van der Waals surface area contributed by atoms with Crippen LogP contribution in [0.5, 0.6) is 0 Å². The van der Waals surface area contributed by atoms with Crippen LogP contribution in [0.3, 0.4) is 0 Å². The predicted molar refractivity (Wildman–Crippen MR) is 64.6 cm³/mol. The van der Waals surface area contributed by atoms with E-state index in [0.29, 0.717) is 0 Å². The summed E-state index contributed by atoms with van der Waals surface area (Å²) in [5, 5.41) is 9.96. The van der Waals surface area contributed by atoms with Crippen LogP contribution >= 0.6 is 0 Å². The lowest BCUT2D eigenvalue weighted by Crippen LogP contribution is -2.38. The van der Waals surface area contributed by atoms with Gasteiger partial charge >= 0.3 is 0 Å². The van der Waals surface area contributed by atoms with E-state index in [1.807, 2.05) is 32.0 Å². The van der Waals surface area contributed by atoms with E-state index in [-0.39, 0.29) is 0 Å². The molecule has 15 heavy (non-hydrogen) atoms. The molecule has 1 rings (SSSR count). The molecule has 0 saturated heterocycles. The van der Waals surface area contributed by atoms with Gasteiger partial charge in [0, 0.05) is 0 Å². The molecule has 2 unspecified atom stereocenters. The van der Waals surface area contributed by atoms with Crippen LogP contribution in [0.25, 0.3) is 0 Å². The van der Waals surface area contributed by atoms with E-state index >= 15 is 0 Å². The number of hydrogen-bond acceptors (Lipinski definition) is 2. The Labute approximate surface area is 94.0 Å². The van der Waals surface area contributed by atoms with Crippen LogP contribution in [0.15, 0.2) is 12.2 Å². The first-order chi connectivity index (χ1) is 6.92. The first kappa shape index (κ1) is 12.7. The first-order valence-corrected chi connectivity index (χ1v) is 5.99. The van der Waals surface area contributed by atoms with Gasteiger partial charge in [-0.1, -0.05) is 19.4 Å². The van der Waals surface area contributed by atoms with Gasteiger partial charge < -0.3 is 5.11 Å². The van der Waals surface area contributed by atoms with Crippen molar-refractivity contribution in [2.24, 2.45) is 11.8 Å². The van der Waals surface area contributed by atoms with Crippen molar-refractivity contribution >= 4 is 0 Å². The van der Waals surface area contributed by atoms with Crippen molar-refractivity contribution in [2.45, 2.75) is 45.3 Å². The van der Waals surface area contributed by atoms with Crippen molar-refractivity contribution in [1.29, 1.82) is 0 Å². The average Bonchev–Trinajstić information content (AvgIpc) is 2.51. The maximum Gasteiger partial charge on any atom is 0.134 e. The summed E-state index contributed by atoms with van der Waals surface area (Å²) in [5.41, 5.74) is -0.801. The van der Waals surface area contributed by atoms with Gasteiger partial charge in [-0.25, -0.2) is 0 Å². The molecule has 2 nitrogen and oxygen atoms in total. The normalized spacial score (nSPS) is 31.3. The van der Waals surface area contributed by atoms with Gasteiger partial charge in [0.15, 0.2) is 0 Å². The zero-order valence-electron chi connectivity index (χ0n) is 10.5. The van der Waals surface area contributed by atoms with Crippen LogP contribution in [-0.4, -0.2) is 29.8 Å². The molecule has 0 aromatic heterocycles. The molecule has 1 aliphatic carbocycles. The van der Waals surface area contributed by atoms with Crippen molar-refractivity contribution in [1.82, 2.24) is 4.90 Å². The Hall–Kier alpha value is -0.340. The van der Waals surface area contributed by atoms with Crippen LogP contribution in [0.4, 0.5) is 0 Å². The third-order valence-electron chi connectivity index (χ3n) is 3.61. The van der Waals surface area contributed by atoms with Crippen LogP contribution in [0, 0.1) is 11.8 Å². The Morgan fingerprint density at radius 3 is 2.53 bits per heavy atom. The Morgan fingerprint density at radius 1 is 1.40 bits per heavy atom. The van der Waals surface area contributed by atoms with Crippen LogP contribution in [-0.2, 0) is 0 Å². The molecule has 88 valence electrons. The van der Waals surface area contributed by atoms with E-state index < -0.39 is 5.72 Å². The Balaban J connectivity index is 2.33. The molecule has 0 aromatic rings. The number of rotatable bonds is 4. The molecule has 0 aliphatic heterocycles. The smallest absolute Gasteiger partial charge is 0.134 e. The molecule has 0 aromatic carbocycles. The van der Waals surface area contributed by atoms with Crippen molar-refractivity contribution in [3.63, 3.8) is 0 Å². The average molecular weight is 211 g/mol.